The highest BCUT2D eigenvalue weighted by Gasteiger charge is 2.27. The van der Waals surface area contributed by atoms with Crippen LogP contribution in [0.15, 0.2) is 176 Å². The number of nitrogens with zero attached hydrogens (tertiary/aromatic N) is 5. The molecule has 270 valence electrons. The molecule has 0 spiro atoms. The maximum Gasteiger partial charge on any atom is 0.165 e. The lowest BCUT2D eigenvalue weighted by Crippen LogP contribution is -1.93. The van der Waals surface area contributed by atoms with Gasteiger partial charge < -0.3 is 4.57 Å². The second-order valence-corrected chi connectivity index (χ2v) is 16.1. The van der Waals surface area contributed by atoms with Crippen LogP contribution in [0.4, 0.5) is 0 Å². The van der Waals surface area contributed by atoms with Crippen molar-refractivity contribution in [2.24, 2.45) is 0 Å². The van der Waals surface area contributed by atoms with Gasteiger partial charge in [-0.05, 0) is 58.1 Å². The molecule has 0 fully saturated rings. The van der Waals surface area contributed by atoms with E-state index in [4.69, 9.17) is 9.97 Å². The summed E-state index contributed by atoms with van der Waals surface area (Å²) in [5.41, 5.74) is 14.3. The number of hydrogen-bond donors (Lipinski definition) is 0. The zero-order chi connectivity index (χ0) is 38.1. The Hall–Kier alpha value is -8.02. The van der Waals surface area contributed by atoms with Gasteiger partial charge in [0.15, 0.2) is 11.3 Å². The van der Waals surface area contributed by atoms with Crippen LogP contribution in [0.3, 0.4) is 0 Å². The first-order chi connectivity index (χ1) is 29.3. The molecule has 0 saturated heterocycles. The lowest BCUT2D eigenvalue weighted by molar-refractivity contribution is 1.18. The van der Waals surface area contributed by atoms with Crippen LogP contribution in [-0.4, -0.2) is 23.3 Å². The minimum Gasteiger partial charge on any atom is -0.309 e. The lowest BCUT2D eigenvalue weighted by Gasteiger charge is -2.11. The smallest absolute Gasteiger partial charge is 0.165 e. The molecule has 5 heteroatoms. The van der Waals surface area contributed by atoms with Gasteiger partial charge in [-0.1, -0.05) is 140 Å². The molecule has 15 aromatic rings. The monoisotopic (exact) mass is 747 g/mol. The molecule has 15 rings (SSSR count). The summed E-state index contributed by atoms with van der Waals surface area (Å²) in [6, 6.07) is 64.3. The average Bonchev–Trinajstić information content (AvgIpc) is 4.09. The predicted molar refractivity (Wildman–Crippen MR) is 246 cm³/mol. The van der Waals surface area contributed by atoms with Crippen LogP contribution in [-0.2, 0) is 0 Å². The summed E-state index contributed by atoms with van der Waals surface area (Å²) < 4.78 is 7.21. The summed E-state index contributed by atoms with van der Waals surface area (Å²) in [6.07, 6.45) is 0. The van der Waals surface area contributed by atoms with Crippen molar-refractivity contribution < 1.29 is 0 Å². The Kier molecular flexibility index (Phi) is 5.36. The second kappa shape index (κ2) is 10.5. The third-order valence-corrected chi connectivity index (χ3v) is 13.2. The highest BCUT2D eigenvalue weighted by Crippen LogP contribution is 2.47. The fraction of sp³-hybridized carbons (Fsp3) is 0. The van der Waals surface area contributed by atoms with Gasteiger partial charge in [0.1, 0.15) is 11.0 Å². The van der Waals surface area contributed by atoms with E-state index in [9.17, 15) is 0 Å². The summed E-state index contributed by atoms with van der Waals surface area (Å²) in [5, 5.41) is 14.6. The van der Waals surface area contributed by atoms with Crippen molar-refractivity contribution in [2.75, 3.05) is 0 Å². The van der Waals surface area contributed by atoms with Gasteiger partial charge in [-0.25, -0.2) is 9.97 Å². The van der Waals surface area contributed by atoms with E-state index in [2.05, 4.69) is 189 Å². The molecule has 0 unspecified atom stereocenters. The number of para-hydroxylation sites is 4. The Morgan fingerprint density at radius 3 is 1.73 bits per heavy atom. The number of benzene rings is 9. The van der Waals surface area contributed by atoms with Gasteiger partial charge in [0.05, 0.1) is 33.1 Å². The fourth-order valence-corrected chi connectivity index (χ4v) is 10.9. The fourth-order valence-electron chi connectivity index (χ4n) is 10.9. The highest BCUT2D eigenvalue weighted by molar-refractivity contribution is 6.32. The Morgan fingerprint density at radius 1 is 0.339 bits per heavy atom. The molecule has 0 aliphatic heterocycles. The van der Waals surface area contributed by atoms with Crippen molar-refractivity contribution in [3.8, 4) is 16.8 Å². The Bertz CT molecular complexity index is 4300. The molecular weight excluding hydrogens is 719 g/mol. The minimum atomic E-state index is 0.889. The minimum absolute atomic E-state index is 0.889. The van der Waals surface area contributed by atoms with Gasteiger partial charge in [0.25, 0.3) is 0 Å². The van der Waals surface area contributed by atoms with Crippen LogP contribution < -0.4 is 0 Å². The quantitative estimate of drug-likeness (QED) is 0.177. The SMILES string of the molecule is c1ccc(-n2c3ccccc3c3cc(-c4cc5ccccc5c5c6cccc7c8nc9c(nc8n(c45)c76)c4cccc5c6ccc7ccccc7c6n9c54)ccc32)cc1. The van der Waals surface area contributed by atoms with Crippen LogP contribution in [0.1, 0.15) is 0 Å². The first kappa shape index (κ1) is 30.2. The Labute approximate surface area is 334 Å². The summed E-state index contributed by atoms with van der Waals surface area (Å²) >= 11 is 0. The summed E-state index contributed by atoms with van der Waals surface area (Å²) in [5.74, 6) is 0. The van der Waals surface area contributed by atoms with Crippen molar-refractivity contribution >= 4 is 120 Å². The van der Waals surface area contributed by atoms with E-state index in [1.807, 2.05) is 0 Å². The van der Waals surface area contributed by atoms with Gasteiger partial charge in [-0.15, -0.1) is 0 Å². The summed E-state index contributed by atoms with van der Waals surface area (Å²) in [7, 11) is 0. The third-order valence-electron chi connectivity index (χ3n) is 13.2. The van der Waals surface area contributed by atoms with E-state index < -0.39 is 0 Å². The van der Waals surface area contributed by atoms with Crippen molar-refractivity contribution in [3.05, 3.63) is 176 Å². The number of rotatable bonds is 2. The first-order valence-corrected chi connectivity index (χ1v) is 20.3. The zero-order valence-corrected chi connectivity index (χ0v) is 31.5. The molecule has 6 heterocycles. The molecule has 59 heavy (non-hydrogen) atoms. The molecular formula is C54H29N5. The van der Waals surface area contributed by atoms with E-state index in [0.717, 1.165) is 44.3 Å². The normalized spacial score (nSPS) is 12.7. The number of hydrogen-bond acceptors (Lipinski definition) is 2. The van der Waals surface area contributed by atoms with Crippen LogP contribution >= 0.6 is 0 Å². The first-order valence-electron chi connectivity index (χ1n) is 20.3. The van der Waals surface area contributed by atoms with Crippen molar-refractivity contribution in [3.63, 3.8) is 0 Å². The molecule has 0 saturated carbocycles. The molecule has 6 aromatic heterocycles. The molecule has 0 aliphatic rings. The largest absolute Gasteiger partial charge is 0.309 e. The molecule has 0 radical (unpaired) electrons. The molecule has 0 N–H and O–H groups in total. The summed E-state index contributed by atoms with van der Waals surface area (Å²) in [6.45, 7) is 0. The lowest BCUT2D eigenvalue weighted by atomic mass is 9.95. The maximum atomic E-state index is 5.71. The van der Waals surface area contributed by atoms with Crippen LogP contribution in [0.25, 0.3) is 137 Å². The topological polar surface area (TPSA) is 39.5 Å². The number of fused-ring (bicyclic) bond motifs is 19. The van der Waals surface area contributed by atoms with Gasteiger partial charge >= 0.3 is 0 Å². The zero-order valence-electron chi connectivity index (χ0n) is 31.5. The van der Waals surface area contributed by atoms with Crippen LogP contribution in [0.2, 0.25) is 0 Å². The van der Waals surface area contributed by atoms with Gasteiger partial charge in [-0.2, -0.15) is 0 Å². The van der Waals surface area contributed by atoms with E-state index in [-0.39, 0.29) is 0 Å². The van der Waals surface area contributed by atoms with Gasteiger partial charge in [-0.3, -0.25) is 8.80 Å². The van der Waals surface area contributed by atoms with Crippen LogP contribution in [0, 0.1) is 0 Å². The molecule has 0 aliphatic carbocycles. The highest BCUT2D eigenvalue weighted by atomic mass is 15.1. The van der Waals surface area contributed by atoms with Gasteiger partial charge in [0, 0.05) is 59.7 Å². The Morgan fingerprint density at radius 2 is 0.915 bits per heavy atom. The van der Waals surface area contributed by atoms with Crippen LogP contribution in [0.5, 0.6) is 0 Å². The van der Waals surface area contributed by atoms with Gasteiger partial charge in [0.2, 0.25) is 0 Å². The standard InChI is InChI=1S/C54H29N5/c1-2-14-33(15-3-1)57-44-23-9-8-18-36(44)43-29-32(25-27-45(43)57)42-28-31-13-5-6-16-34(31)46-39-20-11-22-41-48-54(59(51(39)41)52(42)46)56-47-40-21-10-19-37-38-26-24-30-12-4-7-17-35(30)49(38)58(50(37)40)53(47)55-48/h1-29H. The Balaban J connectivity index is 1.11. The van der Waals surface area contributed by atoms with Crippen molar-refractivity contribution in [2.45, 2.75) is 0 Å². The van der Waals surface area contributed by atoms with E-state index >= 15 is 0 Å². The second-order valence-electron chi connectivity index (χ2n) is 16.1. The van der Waals surface area contributed by atoms with E-state index in [1.54, 1.807) is 0 Å². The number of aromatic nitrogens is 5. The van der Waals surface area contributed by atoms with E-state index in [1.165, 1.54) is 92.6 Å². The molecule has 9 aromatic carbocycles. The van der Waals surface area contributed by atoms with Crippen molar-refractivity contribution in [1.82, 2.24) is 23.3 Å². The van der Waals surface area contributed by atoms with Crippen molar-refractivity contribution in [1.29, 1.82) is 0 Å². The molecule has 0 amide bonds. The molecule has 5 nitrogen and oxygen atoms in total. The molecule has 0 bridgehead atoms. The van der Waals surface area contributed by atoms with E-state index in [0.29, 0.717) is 0 Å². The summed E-state index contributed by atoms with van der Waals surface area (Å²) in [4.78, 5) is 11.4. The molecule has 0 atom stereocenters. The predicted octanol–water partition coefficient (Wildman–Crippen LogP) is 13.8. The maximum absolute atomic E-state index is 5.71. The third kappa shape index (κ3) is 3.59. The average molecular weight is 748 g/mol.